The van der Waals surface area contributed by atoms with E-state index in [2.05, 4.69) is 59.0 Å². The zero-order valence-electron chi connectivity index (χ0n) is 19.6. The summed E-state index contributed by atoms with van der Waals surface area (Å²) < 4.78 is 40.6. The maximum atomic E-state index is 13.5. The van der Waals surface area contributed by atoms with Gasteiger partial charge >= 0.3 is 6.18 Å². The van der Waals surface area contributed by atoms with Crippen LogP contribution in [0.1, 0.15) is 76.6 Å². The van der Waals surface area contributed by atoms with Gasteiger partial charge in [-0.25, -0.2) is 0 Å². The molecule has 2 aromatic rings. The molecule has 170 valence electrons. The predicted octanol–water partition coefficient (Wildman–Crippen LogP) is 9.02. The average molecular weight is 448 g/mol. The van der Waals surface area contributed by atoms with Crippen LogP contribution in [0.5, 0.6) is 0 Å². The number of halogens is 3. The topological polar surface area (TPSA) is 12.0 Å². The van der Waals surface area contributed by atoms with Crippen LogP contribution in [0.4, 0.5) is 18.9 Å². The van der Waals surface area contributed by atoms with E-state index in [0.717, 1.165) is 23.7 Å². The van der Waals surface area contributed by atoms with Gasteiger partial charge in [-0.2, -0.15) is 13.2 Å². The van der Waals surface area contributed by atoms with Crippen LogP contribution < -0.4 is 5.32 Å². The zero-order valence-corrected chi connectivity index (χ0v) is 20.6. The van der Waals surface area contributed by atoms with Gasteiger partial charge in [-0.1, -0.05) is 88.5 Å². The molecule has 3 rings (SSSR count). The monoisotopic (exact) mass is 447 g/mol. The van der Waals surface area contributed by atoms with Crippen molar-refractivity contribution in [2.24, 2.45) is 0 Å². The van der Waals surface area contributed by atoms with E-state index in [-0.39, 0.29) is 12.0 Å². The fraction of sp³-hybridized carbons (Fsp3) is 0.538. The van der Waals surface area contributed by atoms with E-state index < -0.39 is 19.8 Å². The Kier molecular flexibility index (Phi) is 6.95. The summed E-state index contributed by atoms with van der Waals surface area (Å²) in [6.07, 6.45) is -3.49. The largest absolute Gasteiger partial charge is 0.416 e. The molecule has 0 bridgehead atoms. The lowest BCUT2D eigenvalue weighted by Crippen LogP contribution is -2.46. The van der Waals surface area contributed by atoms with Crippen molar-refractivity contribution in [3.05, 3.63) is 65.2 Å². The van der Waals surface area contributed by atoms with Gasteiger partial charge in [0, 0.05) is 5.69 Å². The molecule has 2 aromatic carbocycles. The first-order chi connectivity index (χ1) is 14.5. The summed E-state index contributed by atoms with van der Waals surface area (Å²) >= 11 is 0. The second-order valence-electron chi connectivity index (χ2n) is 10.1. The number of alkyl halides is 3. The highest BCUT2D eigenvalue weighted by Crippen LogP contribution is 2.52. The van der Waals surface area contributed by atoms with Gasteiger partial charge in [0.05, 0.1) is 19.7 Å². The lowest BCUT2D eigenvalue weighted by Gasteiger charge is -2.47. The molecular weight excluding hydrogens is 411 g/mol. The Morgan fingerprint density at radius 3 is 2.00 bits per heavy atom. The van der Waals surface area contributed by atoms with Crippen LogP contribution >= 0.6 is 0 Å². The molecule has 1 N–H and O–H groups in total. The minimum Gasteiger partial charge on any atom is -0.378 e. The van der Waals surface area contributed by atoms with Crippen LogP contribution in [0.2, 0.25) is 22.7 Å². The highest BCUT2D eigenvalue weighted by Gasteiger charge is 2.46. The lowest BCUT2D eigenvalue weighted by molar-refractivity contribution is -0.137. The molecule has 0 fully saturated rings. The third kappa shape index (κ3) is 4.71. The Hall–Kier alpha value is -1.75. The van der Waals surface area contributed by atoms with Gasteiger partial charge in [0.15, 0.2) is 0 Å². The van der Waals surface area contributed by atoms with Crippen LogP contribution in [0.3, 0.4) is 0 Å². The van der Waals surface area contributed by atoms with Crippen LogP contribution in [0.15, 0.2) is 48.5 Å². The highest BCUT2D eigenvalue weighted by atomic mass is 28.3. The molecule has 1 aliphatic rings. The molecule has 0 saturated carbocycles. The number of nitrogens with one attached hydrogen (secondary N) is 1. The van der Waals surface area contributed by atoms with Gasteiger partial charge in [-0.05, 0) is 47.7 Å². The molecule has 1 nitrogen and oxygen atoms in total. The van der Waals surface area contributed by atoms with Gasteiger partial charge in [0.2, 0.25) is 0 Å². The Morgan fingerprint density at radius 1 is 0.903 bits per heavy atom. The number of hydrogen-bond acceptors (Lipinski definition) is 1. The zero-order chi connectivity index (χ0) is 23.0. The molecule has 0 aromatic heterocycles. The Balaban J connectivity index is 2.09. The third-order valence-electron chi connectivity index (χ3n) is 7.70. The maximum Gasteiger partial charge on any atom is 0.416 e. The van der Waals surface area contributed by atoms with Crippen molar-refractivity contribution >= 4 is 13.8 Å². The first-order valence-electron chi connectivity index (χ1n) is 11.5. The van der Waals surface area contributed by atoms with Gasteiger partial charge in [0.25, 0.3) is 0 Å². The van der Waals surface area contributed by atoms with Crippen LogP contribution in [0, 0.1) is 0 Å². The molecule has 1 aliphatic heterocycles. The van der Waals surface area contributed by atoms with Crippen molar-refractivity contribution in [2.75, 3.05) is 5.32 Å². The fourth-order valence-corrected chi connectivity index (χ4v) is 12.8. The summed E-state index contributed by atoms with van der Waals surface area (Å²) in [6.45, 7) is 14.0. The Morgan fingerprint density at radius 2 is 1.48 bits per heavy atom. The van der Waals surface area contributed by atoms with Crippen LogP contribution in [0.25, 0.3) is 0 Å². The van der Waals surface area contributed by atoms with Gasteiger partial charge in [-0.15, -0.1) is 0 Å². The molecular formula is C26H36F3NSi. The molecule has 0 aliphatic carbocycles. The third-order valence-corrected chi connectivity index (χ3v) is 15.3. The number of hydrogen-bond donors (Lipinski definition) is 1. The molecule has 0 amide bonds. The quantitative estimate of drug-likeness (QED) is 0.436. The first kappa shape index (κ1) is 23.9. The minimum absolute atomic E-state index is 0.119. The normalized spacial score (nSPS) is 19.6. The molecule has 0 radical (unpaired) electrons. The van der Waals surface area contributed by atoms with E-state index in [9.17, 15) is 13.2 Å². The minimum atomic E-state index is -4.32. The van der Waals surface area contributed by atoms with Crippen molar-refractivity contribution in [1.82, 2.24) is 0 Å². The molecule has 0 saturated heterocycles. The van der Waals surface area contributed by atoms with E-state index in [1.54, 1.807) is 6.07 Å². The van der Waals surface area contributed by atoms with Crippen LogP contribution in [-0.2, 0) is 6.18 Å². The molecule has 5 heteroatoms. The van der Waals surface area contributed by atoms with E-state index in [1.165, 1.54) is 17.7 Å². The van der Waals surface area contributed by atoms with Crippen molar-refractivity contribution in [3.63, 3.8) is 0 Å². The SMILES string of the molecule is CC(C)[Si](CC1CC(c2ccccc2)Nc2ccc(C(F)(F)F)cc21)(C(C)C)C(C)C. The summed E-state index contributed by atoms with van der Waals surface area (Å²) in [5.74, 6) is 0.127. The van der Waals surface area contributed by atoms with Crippen molar-refractivity contribution in [3.8, 4) is 0 Å². The van der Waals surface area contributed by atoms with Gasteiger partial charge in [0.1, 0.15) is 0 Å². The number of fused-ring (bicyclic) bond motifs is 1. The number of anilines is 1. The van der Waals surface area contributed by atoms with E-state index in [1.807, 2.05) is 18.2 Å². The smallest absolute Gasteiger partial charge is 0.378 e. The first-order valence-corrected chi connectivity index (χ1v) is 13.9. The molecule has 2 unspecified atom stereocenters. The molecule has 1 heterocycles. The van der Waals surface area contributed by atoms with E-state index in [0.29, 0.717) is 16.6 Å². The average Bonchev–Trinajstić information content (AvgIpc) is 2.70. The highest BCUT2D eigenvalue weighted by molar-refractivity contribution is 6.83. The summed E-state index contributed by atoms with van der Waals surface area (Å²) in [5, 5.41) is 3.54. The standard InChI is InChI=1S/C26H36F3NSi/c1-17(2)31(18(3)4,19(5)6)16-21-14-25(20-10-8-7-9-11-20)30-24-13-12-22(15-23(21)24)26(27,28)29/h7-13,15,17-19,21,25,30H,14,16H2,1-6H3. The predicted molar refractivity (Wildman–Crippen MR) is 127 cm³/mol. The number of rotatable bonds is 6. The van der Waals surface area contributed by atoms with Crippen molar-refractivity contribution < 1.29 is 13.2 Å². The Bertz CT molecular complexity index is 852. The maximum absolute atomic E-state index is 13.5. The summed E-state index contributed by atoms with van der Waals surface area (Å²) in [6, 6.07) is 15.7. The van der Waals surface area contributed by atoms with Gasteiger partial charge in [-0.3, -0.25) is 0 Å². The molecule has 2 atom stereocenters. The van der Waals surface area contributed by atoms with Crippen molar-refractivity contribution in [1.29, 1.82) is 0 Å². The van der Waals surface area contributed by atoms with E-state index in [4.69, 9.17) is 0 Å². The second kappa shape index (κ2) is 9.01. The lowest BCUT2D eigenvalue weighted by atomic mass is 9.84. The van der Waals surface area contributed by atoms with Crippen LogP contribution in [-0.4, -0.2) is 8.07 Å². The van der Waals surface area contributed by atoms with Gasteiger partial charge < -0.3 is 5.32 Å². The second-order valence-corrected chi connectivity index (χ2v) is 16.2. The number of benzene rings is 2. The van der Waals surface area contributed by atoms with E-state index >= 15 is 0 Å². The fourth-order valence-electron chi connectivity index (χ4n) is 6.10. The van der Waals surface area contributed by atoms with Crippen molar-refractivity contribution in [2.45, 2.75) is 88.8 Å². The molecule has 0 spiro atoms. The summed E-state index contributed by atoms with van der Waals surface area (Å²) in [7, 11) is -1.79. The summed E-state index contributed by atoms with van der Waals surface area (Å²) in [5.41, 5.74) is 4.09. The molecule has 31 heavy (non-hydrogen) atoms. The Labute approximate surface area is 186 Å². The summed E-state index contributed by atoms with van der Waals surface area (Å²) in [4.78, 5) is 0.